The largest absolute Gasteiger partial charge is 0.401 e. The number of hydrogen-bond acceptors (Lipinski definition) is 5. The zero-order chi connectivity index (χ0) is 19.5. The van der Waals surface area contributed by atoms with Crippen molar-refractivity contribution in [2.24, 2.45) is 5.73 Å². The van der Waals surface area contributed by atoms with Gasteiger partial charge in [0.2, 0.25) is 0 Å². The van der Waals surface area contributed by atoms with Gasteiger partial charge in [-0.05, 0) is 45.4 Å². The molecule has 0 aliphatic carbocycles. The van der Waals surface area contributed by atoms with E-state index in [0.29, 0.717) is 6.42 Å². The third kappa shape index (κ3) is 18.4. The van der Waals surface area contributed by atoms with E-state index >= 15 is 0 Å². The van der Waals surface area contributed by atoms with Gasteiger partial charge in [0.1, 0.15) is 6.23 Å². The summed E-state index contributed by atoms with van der Waals surface area (Å²) in [6, 6.07) is 0. The second-order valence-electron chi connectivity index (χ2n) is 6.82. The normalized spacial score (nSPS) is 13.5. The van der Waals surface area contributed by atoms with Crippen molar-refractivity contribution in [2.45, 2.75) is 110 Å². The average molecular weight is 392 g/mol. The van der Waals surface area contributed by atoms with Crippen molar-refractivity contribution in [3.63, 3.8) is 0 Å². The Morgan fingerprint density at radius 2 is 1.31 bits per heavy atom. The summed E-state index contributed by atoms with van der Waals surface area (Å²) in [5.41, 5.74) is 5.65. The Hall–Kier alpha value is -0.430. The van der Waals surface area contributed by atoms with Gasteiger partial charge in [0, 0.05) is 0 Å². The molecule has 0 saturated carbocycles. The van der Waals surface area contributed by atoms with Crippen LogP contribution in [0.25, 0.3) is 0 Å². The predicted octanol–water partition coefficient (Wildman–Crippen LogP) is 5.61. The topological polar surface area (TPSA) is 78.6 Å². The monoisotopic (exact) mass is 391 g/mol. The smallest absolute Gasteiger partial charge is 0.305 e. The van der Waals surface area contributed by atoms with Gasteiger partial charge in [-0.25, -0.2) is 8.37 Å². The zero-order valence-electron chi connectivity index (χ0n) is 17.0. The Balaban J connectivity index is 3.36. The van der Waals surface area contributed by atoms with E-state index < -0.39 is 16.6 Å². The second kappa shape index (κ2) is 18.0. The van der Waals surface area contributed by atoms with Crippen molar-refractivity contribution < 1.29 is 16.8 Å². The van der Waals surface area contributed by atoms with E-state index in [1.54, 1.807) is 6.92 Å². The minimum absolute atomic E-state index is 0.0580. The Morgan fingerprint density at radius 3 is 1.85 bits per heavy atom. The summed E-state index contributed by atoms with van der Waals surface area (Å²) in [5, 5.41) is 0. The molecule has 0 saturated heterocycles. The molecule has 0 aromatic heterocycles. The molecule has 0 aliphatic rings. The highest BCUT2D eigenvalue weighted by Gasteiger charge is 2.16. The van der Waals surface area contributed by atoms with Gasteiger partial charge in [-0.2, -0.15) is 8.42 Å². The van der Waals surface area contributed by atoms with Crippen LogP contribution in [0.4, 0.5) is 0 Å². The quantitative estimate of drug-likeness (QED) is 0.176. The van der Waals surface area contributed by atoms with Gasteiger partial charge < -0.3 is 5.73 Å². The number of nitrogens with two attached hydrogens (primary N) is 1. The SMILES string of the molecule is CCCCCCCC/C=C\CCCCCCCC(N)OS(=O)(=O)OCC. The van der Waals surface area contributed by atoms with Gasteiger partial charge in [-0.1, -0.05) is 70.4 Å². The molecular weight excluding hydrogens is 350 g/mol. The highest BCUT2D eigenvalue weighted by molar-refractivity contribution is 7.81. The molecular formula is C20H41NO4S. The Labute approximate surface area is 162 Å². The van der Waals surface area contributed by atoms with E-state index in [1.165, 1.54) is 57.8 Å². The summed E-state index contributed by atoms with van der Waals surface area (Å²) in [6.45, 7) is 3.90. The lowest BCUT2D eigenvalue weighted by Crippen LogP contribution is -2.28. The van der Waals surface area contributed by atoms with Crippen molar-refractivity contribution in [1.82, 2.24) is 0 Å². The minimum atomic E-state index is -3.93. The fourth-order valence-corrected chi connectivity index (χ4v) is 3.53. The molecule has 0 rings (SSSR count). The number of hydrogen-bond donors (Lipinski definition) is 1. The first kappa shape index (κ1) is 25.6. The first-order chi connectivity index (χ1) is 12.5. The van der Waals surface area contributed by atoms with Gasteiger partial charge in [0.05, 0.1) is 6.61 Å². The lowest BCUT2D eigenvalue weighted by molar-refractivity contribution is 0.154. The number of allylic oxidation sites excluding steroid dienone is 2. The van der Waals surface area contributed by atoms with Gasteiger partial charge in [0.15, 0.2) is 0 Å². The number of unbranched alkanes of at least 4 members (excludes halogenated alkanes) is 11. The van der Waals surface area contributed by atoms with Crippen LogP contribution in [0, 0.1) is 0 Å². The molecule has 6 heteroatoms. The minimum Gasteiger partial charge on any atom is -0.305 e. The second-order valence-corrected chi connectivity index (χ2v) is 8.07. The molecule has 0 bridgehead atoms. The van der Waals surface area contributed by atoms with E-state index in [2.05, 4.69) is 23.3 Å². The Kier molecular flexibility index (Phi) is 17.7. The summed E-state index contributed by atoms with van der Waals surface area (Å²) in [6.07, 6.45) is 20.4. The molecule has 156 valence electrons. The summed E-state index contributed by atoms with van der Waals surface area (Å²) in [7, 11) is -3.93. The van der Waals surface area contributed by atoms with Crippen molar-refractivity contribution in [1.29, 1.82) is 0 Å². The van der Waals surface area contributed by atoms with Crippen LogP contribution in [0.3, 0.4) is 0 Å². The van der Waals surface area contributed by atoms with Crippen LogP contribution in [0.2, 0.25) is 0 Å². The molecule has 0 heterocycles. The molecule has 5 nitrogen and oxygen atoms in total. The first-order valence-electron chi connectivity index (χ1n) is 10.5. The number of rotatable bonds is 19. The standard InChI is InChI=1S/C20H41NO4S/c1-3-5-6-7-8-9-10-11-12-13-14-15-16-17-18-19-20(21)25-26(22,23)24-4-2/h11-12,20H,3-10,13-19,21H2,1-2H3/b12-11-. The summed E-state index contributed by atoms with van der Waals surface area (Å²) in [4.78, 5) is 0. The van der Waals surface area contributed by atoms with E-state index in [4.69, 9.17) is 9.92 Å². The van der Waals surface area contributed by atoms with Crippen LogP contribution >= 0.6 is 0 Å². The van der Waals surface area contributed by atoms with Crippen LogP contribution in [-0.2, 0) is 18.8 Å². The van der Waals surface area contributed by atoms with Gasteiger partial charge >= 0.3 is 10.4 Å². The van der Waals surface area contributed by atoms with E-state index in [-0.39, 0.29) is 6.61 Å². The maximum absolute atomic E-state index is 11.3. The highest BCUT2D eigenvalue weighted by atomic mass is 32.3. The van der Waals surface area contributed by atoms with Gasteiger partial charge in [0.25, 0.3) is 0 Å². The molecule has 1 atom stereocenters. The highest BCUT2D eigenvalue weighted by Crippen LogP contribution is 2.11. The average Bonchev–Trinajstić information content (AvgIpc) is 2.57. The molecule has 2 N–H and O–H groups in total. The molecule has 0 aromatic carbocycles. The lowest BCUT2D eigenvalue weighted by atomic mass is 10.1. The fraction of sp³-hybridized carbons (Fsp3) is 0.900. The maximum Gasteiger partial charge on any atom is 0.401 e. The molecule has 0 amide bonds. The molecule has 26 heavy (non-hydrogen) atoms. The van der Waals surface area contributed by atoms with Crippen LogP contribution in [0.15, 0.2) is 12.2 Å². The van der Waals surface area contributed by atoms with Crippen LogP contribution in [-0.4, -0.2) is 21.3 Å². The fourth-order valence-electron chi connectivity index (χ4n) is 2.79. The summed E-state index contributed by atoms with van der Waals surface area (Å²) < 4.78 is 31.7. The van der Waals surface area contributed by atoms with Gasteiger partial charge in [-0.3, -0.25) is 0 Å². The van der Waals surface area contributed by atoms with Crippen molar-refractivity contribution >= 4 is 10.4 Å². The molecule has 0 aliphatic heterocycles. The molecule has 0 aromatic rings. The van der Waals surface area contributed by atoms with E-state index in [9.17, 15) is 8.42 Å². The molecule has 1 unspecified atom stereocenters. The van der Waals surface area contributed by atoms with Gasteiger partial charge in [-0.15, -0.1) is 0 Å². The van der Waals surface area contributed by atoms with Crippen molar-refractivity contribution in [3.8, 4) is 0 Å². The van der Waals surface area contributed by atoms with E-state index in [1.807, 2.05) is 0 Å². The Morgan fingerprint density at radius 1 is 0.808 bits per heavy atom. The van der Waals surface area contributed by atoms with E-state index in [0.717, 1.165) is 25.7 Å². The van der Waals surface area contributed by atoms with Crippen LogP contribution in [0.5, 0.6) is 0 Å². The Bertz CT molecular complexity index is 424. The molecule has 0 radical (unpaired) electrons. The van der Waals surface area contributed by atoms with Crippen molar-refractivity contribution in [3.05, 3.63) is 12.2 Å². The lowest BCUT2D eigenvalue weighted by Gasteiger charge is -2.11. The van der Waals surface area contributed by atoms with Crippen LogP contribution in [0.1, 0.15) is 104 Å². The van der Waals surface area contributed by atoms with Crippen LogP contribution < -0.4 is 5.73 Å². The summed E-state index contributed by atoms with van der Waals surface area (Å²) >= 11 is 0. The summed E-state index contributed by atoms with van der Waals surface area (Å²) in [5.74, 6) is 0. The zero-order valence-corrected chi connectivity index (χ0v) is 17.8. The molecule has 0 fully saturated rings. The predicted molar refractivity (Wildman–Crippen MR) is 109 cm³/mol. The third-order valence-corrected chi connectivity index (χ3v) is 5.26. The molecule has 0 spiro atoms. The first-order valence-corrected chi connectivity index (χ1v) is 11.8. The maximum atomic E-state index is 11.3. The van der Waals surface area contributed by atoms with Crippen molar-refractivity contribution in [2.75, 3.05) is 6.61 Å². The third-order valence-electron chi connectivity index (χ3n) is 4.25.